The zero-order valence-electron chi connectivity index (χ0n) is 9.24. The topological polar surface area (TPSA) is 50.9 Å². The van der Waals surface area contributed by atoms with Crippen molar-refractivity contribution in [2.45, 2.75) is 38.6 Å². The van der Waals surface area contributed by atoms with Crippen LogP contribution in [-0.4, -0.2) is 4.98 Å². The van der Waals surface area contributed by atoms with Crippen LogP contribution in [0.4, 0.5) is 0 Å². The average Bonchev–Trinajstić information content (AvgIpc) is 2.23. The average molecular weight is 205 g/mol. The van der Waals surface area contributed by atoms with Gasteiger partial charge in [-0.25, -0.2) is 0 Å². The standard InChI is InChI=1S/C12H19N3/c1-2-9-7-4-8-14-11(9)12(15-13)10-5-3-6-10/h4,7-8,10,12,15H,2-3,5-6,13H2,1H3. The molecule has 1 saturated carbocycles. The first kappa shape index (κ1) is 10.6. The van der Waals surface area contributed by atoms with Crippen LogP contribution in [0.5, 0.6) is 0 Å². The molecule has 1 aliphatic rings. The summed E-state index contributed by atoms with van der Waals surface area (Å²) in [5.41, 5.74) is 5.39. The number of hydrogen-bond donors (Lipinski definition) is 2. The minimum atomic E-state index is 0.245. The molecule has 1 aromatic heterocycles. The van der Waals surface area contributed by atoms with Crippen LogP contribution in [-0.2, 0) is 6.42 Å². The van der Waals surface area contributed by atoms with E-state index in [9.17, 15) is 0 Å². The maximum atomic E-state index is 5.65. The van der Waals surface area contributed by atoms with E-state index in [1.807, 2.05) is 12.3 Å². The maximum absolute atomic E-state index is 5.65. The first-order valence-corrected chi connectivity index (χ1v) is 5.76. The van der Waals surface area contributed by atoms with Gasteiger partial charge < -0.3 is 0 Å². The smallest absolute Gasteiger partial charge is 0.0663 e. The maximum Gasteiger partial charge on any atom is 0.0663 e. The Labute approximate surface area is 91.1 Å². The Balaban J connectivity index is 2.24. The van der Waals surface area contributed by atoms with E-state index in [0.29, 0.717) is 5.92 Å². The van der Waals surface area contributed by atoms with Gasteiger partial charge in [-0.3, -0.25) is 16.3 Å². The van der Waals surface area contributed by atoms with Gasteiger partial charge in [0.05, 0.1) is 11.7 Å². The lowest BCUT2D eigenvalue weighted by Crippen LogP contribution is -2.37. The largest absolute Gasteiger partial charge is 0.271 e. The van der Waals surface area contributed by atoms with Gasteiger partial charge in [-0.2, -0.15) is 0 Å². The second-order valence-electron chi connectivity index (χ2n) is 4.24. The highest BCUT2D eigenvalue weighted by Crippen LogP contribution is 2.37. The molecule has 0 saturated heterocycles. The molecular formula is C12H19N3. The molecule has 1 atom stereocenters. The number of hydrazine groups is 1. The van der Waals surface area contributed by atoms with E-state index >= 15 is 0 Å². The monoisotopic (exact) mass is 205 g/mol. The first-order valence-electron chi connectivity index (χ1n) is 5.76. The molecule has 82 valence electrons. The van der Waals surface area contributed by atoms with Gasteiger partial charge >= 0.3 is 0 Å². The fourth-order valence-electron chi connectivity index (χ4n) is 2.24. The second-order valence-corrected chi connectivity index (χ2v) is 4.24. The number of nitrogens with zero attached hydrogens (tertiary/aromatic N) is 1. The van der Waals surface area contributed by atoms with Crippen molar-refractivity contribution in [3.8, 4) is 0 Å². The molecule has 3 N–H and O–H groups in total. The van der Waals surface area contributed by atoms with Crippen molar-refractivity contribution in [3.05, 3.63) is 29.6 Å². The van der Waals surface area contributed by atoms with E-state index in [1.54, 1.807) is 0 Å². The van der Waals surface area contributed by atoms with E-state index < -0.39 is 0 Å². The Hall–Kier alpha value is -0.930. The summed E-state index contributed by atoms with van der Waals surface area (Å²) in [6.07, 6.45) is 6.76. The number of aromatic nitrogens is 1. The molecule has 1 aromatic rings. The lowest BCUT2D eigenvalue weighted by molar-refractivity contribution is 0.228. The lowest BCUT2D eigenvalue weighted by atomic mass is 9.78. The number of hydrogen-bond acceptors (Lipinski definition) is 3. The molecule has 0 aliphatic heterocycles. The van der Waals surface area contributed by atoms with E-state index in [-0.39, 0.29) is 6.04 Å². The molecule has 0 bridgehead atoms. The number of nitrogens with one attached hydrogen (secondary N) is 1. The van der Waals surface area contributed by atoms with Crippen LogP contribution in [0.3, 0.4) is 0 Å². The van der Waals surface area contributed by atoms with Gasteiger partial charge in [0.2, 0.25) is 0 Å². The summed E-state index contributed by atoms with van der Waals surface area (Å²) in [4.78, 5) is 4.48. The molecule has 15 heavy (non-hydrogen) atoms. The normalized spacial score (nSPS) is 18.5. The highest BCUT2D eigenvalue weighted by molar-refractivity contribution is 5.23. The molecule has 1 heterocycles. The number of aryl methyl sites for hydroxylation is 1. The third kappa shape index (κ3) is 2.03. The molecule has 2 rings (SSSR count). The molecule has 3 nitrogen and oxygen atoms in total. The van der Waals surface area contributed by atoms with Crippen molar-refractivity contribution >= 4 is 0 Å². The van der Waals surface area contributed by atoms with Crippen LogP contribution in [0.15, 0.2) is 18.3 Å². The fraction of sp³-hybridized carbons (Fsp3) is 0.583. The third-order valence-electron chi connectivity index (χ3n) is 3.40. The van der Waals surface area contributed by atoms with Gasteiger partial charge in [0, 0.05) is 6.20 Å². The predicted molar refractivity (Wildman–Crippen MR) is 61.0 cm³/mol. The molecule has 1 unspecified atom stereocenters. The highest BCUT2D eigenvalue weighted by atomic mass is 15.2. The Kier molecular flexibility index (Phi) is 3.34. The van der Waals surface area contributed by atoms with E-state index in [2.05, 4.69) is 23.4 Å². The summed E-state index contributed by atoms with van der Waals surface area (Å²) in [6, 6.07) is 4.39. The molecule has 0 spiro atoms. The predicted octanol–water partition coefficient (Wildman–Crippen LogP) is 1.95. The minimum absolute atomic E-state index is 0.245. The van der Waals surface area contributed by atoms with E-state index in [0.717, 1.165) is 12.1 Å². The number of rotatable bonds is 4. The van der Waals surface area contributed by atoms with Crippen molar-refractivity contribution in [3.63, 3.8) is 0 Å². The quantitative estimate of drug-likeness (QED) is 0.583. The van der Waals surface area contributed by atoms with Gasteiger partial charge in [-0.15, -0.1) is 0 Å². The van der Waals surface area contributed by atoms with Gasteiger partial charge in [-0.1, -0.05) is 19.4 Å². The Bertz CT molecular complexity index is 320. The van der Waals surface area contributed by atoms with Crippen LogP contribution >= 0.6 is 0 Å². The molecule has 0 radical (unpaired) electrons. The van der Waals surface area contributed by atoms with Crippen molar-refractivity contribution in [2.75, 3.05) is 0 Å². The summed E-state index contributed by atoms with van der Waals surface area (Å²) in [5, 5.41) is 0. The van der Waals surface area contributed by atoms with Crippen molar-refractivity contribution in [1.29, 1.82) is 0 Å². The molecular weight excluding hydrogens is 186 g/mol. The summed E-state index contributed by atoms with van der Waals surface area (Å²) in [5.74, 6) is 6.32. The minimum Gasteiger partial charge on any atom is -0.271 e. The van der Waals surface area contributed by atoms with Crippen LogP contribution in [0.25, 0.3) is 0 Å². The van der Waals surface area contributed by atoms with Crippen LogP contribution in [0.2, 0.25) is 0 Å². The van der Waals surface area contributed by atoms with Crippen molar-refractivity contribution in [1.82, 2.24) is 10.4 Å². The third-order valence-corrected chi connectivity index (χ3v) is 3.40. The summed E-state index contributed by atoms with van der Waals surface area (Å²) >= 11 is 0. The van der Waals surface area contributed by atoms with Crippen molar-refractivity contribution < 1.29 is 0 Å². The Morgan fingerprint density at radius 1 is 1.60 bits per heavy atom. The van der Waals surface area contributed by atoms with Gasteiger partial charge in [-0.05, 0) is 36.8 Å². The van der Waals surface area contributed by atoms with Gasteiger partial charge in [0.1, 0.15) is 0 Å². The number of pyridine rings is 1. The number of nitrogens with two attached hydrogens (primary N) is 1. The molecule has 1 aliphatic carbocycles. The second kappa shape index (κ2) is 4.73. The fourth-order valence-corrected chi connectivity index (χ4v) is 2.24. The summed E-state index contributed by atoms with van der Waals surface area (Å²) in [7, 11) is 0. The van der Waals surface area contributed by atoms with Gasteiger partial charge in [0.25, 0.3) is 0 Å². The van der Waals surface area contributed by atoms with Crippen LogP contribution in [0.1, 0.15) is 43.5 Å². The van der Waals surface area contributed by atoms with Crippen LogP contribution < -0.4 is 11.3 Å². The molecule has 0 amide bonds. The van der Waals surface area contributed by atoms with Crippen LogP contribution in [0, 0.1) is 5.92 Å². The molecule has 3 heteroatoms. The lowest BCUT2D eigenvalue weighted by Gasteiger charge is -2.33. The summed E-state index contributed by atoms with van der Waals surface area (Å²) in [6.45, 7) is 2.16. The molecule has 1 fully saturated rings. The van der Waals surface area contributed by atoms with E-state index in [4.69, 9.17) is 5.84 Å². The zero-order chi connectivity index (χ0) is 10.7. The summed E-state index contributed by atoms with van der Waals surface area (Å²) < 4.78 is 0. The SMILES string of the molecule is CCc1cccnc1C(NN)C1CCC1. The molecule has 0 aromatic carbocycles. The van der Waals surface area contributed by atoms with E-state index in [1.165, 1.54) is 24.8 Å². The van der Waals surface area contributed by atoms with Crippen molar-refractivity contribution in [2.24, 2.45) is 11.8 Å². The Morgan fingerprint density at radius 2 is 2.40 bits per heavy atom. The first-order chi connectivity index (χ1) is 7.36. The van der Waals surface area contributed by atoms with Gasteiger partial charge in [0.15, 0.2) is 0 Å². The zero-order valence-corrected chi connectivity index (χ0v) is 9.24. The highest BCUT2D eigenvalue weighted by Gasteiger charge is 2.29. The Morgan fingerprint density at radius 3 is 2.93 bits per heavy atom.